The molecule has 0 unspecified atom stereocenters. The lowest BCUT2D eigenvalue weighted by Gasteiger charge is -2.34. The van der Waals surface area contributed by atoms with Crippen molar-refractivity contribution in [1.29, 1.82) is 0 Å². The molecule has 8 nitrogen and oxygen atoms in total. The SMILES string of the molecule is COc1cc(CC(=O)NCc2ccc(C(=O)N3CCN(Cc4ccc(-c5ccccc5)cc4)CC3)cc2)cc(OC)c1OC. The Labute approximate surface area is 259 Å². The Morgan fingerprint density at radius 1 is 0.682 bits per heavy atom. The minimum absolute atomic E-state index is 0.0369. The molecule has 1 saturated heterocycles. The average Bonchev–Trinajstić information content (AvgIpc) is 3.08. The van der Waals surface area contributed by atoms with Gasteiger partial charge in [0.1, 0.15) is 0 Å². The third kappa shape index (κ3) is 7.57. The van der Waals surface area contributed by atoms with Gasteiger partial charge in [-0.3, -0.25) is 14.5 Å². The first-order valence-electron chi connectivity index (χ1n) is 14.8. The summed E-state index contributed by atoms with van der Waals surface area (Å²) in [5.74, 6) is 1.40. The van der Waals surface area contributed by atoms with Gasteiger partial charge in [-0.15, -0.1) is 0 Å². The topological polar surface area (TPSA) is 80.3 Å². The number of methoxy groups -OCH3 is 3. The minimum atomic E-state index is -0.135. The number of carbonyl (C=O) groups excluding carboxylic acids is 2. The summed E-state index contributed by atoms with van der Waals surface area (Å²) in [5, 5.41) is 2.95. The quantitative estimate of drug-likeness (QED) is 0.258. The van der Waals surface area contributed by atoms with Gasteiger partial charge in [0.15, 0.2) is 11.5 Å². The van der Waals surface area contributed by atoms with Crippen molar-refractivity contribution in [3.63, 3.8) is 0 Å². The Balaban J connectivity index is 1.08. The molecule has 0 saturated carbocycles. The van der Waals surface area contributed by atoms with Gasteiger partial charge in [0.2, 0.25) is 11.7 Å². The standard InChI is InChI=1S/C36H39N3O5/c1-42-32-21-28(22-33(43-2)35(32)44-3)23-34(40)37-24-26-9-15-31(16-10-26)36(41)39-19-17-38(18-20-39)25-27-11-13-30(14-12-27)29-7-5-4-6-8-29/h4-16,21-22H,17-20,23-25H2,1-3H3,(H,37,40). The molecule has 0 aromatic heterocycles. The molecule has 0 spiro atoms. The van der Waals surface area contributed by atoms with E-state index < -0.39 is 0 Å². The second-order valence-electron chi connectivity index (χ2n) is 10.8. The fourth-order valence-electron chi connectivity index (χ4n) is 5.43. The summed E-state index contributed by atoms with van der Waals surface area (Å²) < 4.78 is 16.1. The maximum atomic E-state index is 13.2. The normalized spacial score (nSPS) is 13.3. The van der Waals surface area contributed by atoms with Crippen LogP contribution in [0.5, 0.6) is 17.2 Å². The van der Waals surface area contributed by atoms with Crippen molar-refractivity contribution >= 4 is 11.8 Å². The molecule has 1 fully saturated rings. The van der Waals surface area contributed by atoms with Crippen molar-refractivity contribution < 1.29 is 23.8 Å². The number of hydrogen-bond acceptors (Lipinski definition) is 6. The van der Waals surface area contributed by atoms with E-state index in [9.17, 15) is 9.59 Å². The Hall–Kier alpha value is -4.82. The lowest BCUT2D eigenvalue weighted by atomic mass is 10.0. The van der Waals surface area contributed by atoms with E-state index in [2.05, 4.69) is 58.7 Å². The molecule has 4 aromatic rings. The van der Waals surface area contributed by atoms with Gasteiger partial charge in [-0.05, 0) is 52.1 Å². The first-order chi connectivity index (χ1) is 21.5. The highest BCUT2D eigenvalue weighted by molar-refractivity contribution is 5.94. The first kappa shape index (κ1) is 30.6. The Morgan fingerprint density at radius 2 is 1.27 bits per heavy atom. The molecule has 5 rings (SSSR count). The van der Waals surface area contributed by atoms with E-state index in [0.29, 0.717) is 42.4 Å². The molecular weight excluding hydrogens is 554 g/mol. The third-order valence-electron chi connectivity index (χ3n) is 7.91. The number of nitrogens with one attached hydrogen (secondary N) is 1. The number of piperazine rings is 1. The molecule has 8 heteroatoms. The maximum Gasteiger partial charge on any atom is 0.253 e. The molecule has 2 amide bonds. The Kier molecular flexibility index (Phi) is 10.1. The van der Waals surface area contributed by atoms with Crippen LogP contribution >= 0.6 is 0 Å². The minimum Gasteiger partial charge on any atom is -0.493 e. The molecule has 1 heterocycles. The largest absolute Gasteiger partial charge is 0.493 e. The zero-order valence-electron chi connectivity index (χ0n) is 25.5. The van der Waals surface area contributed by atoms with Gasteiger partial charge in [-0.25, -0.2) is 0 Å². The zero-order chi connectivity index (χ0) is 30.9. The molecule has 0 bridgehead atoms. The average molecular weight is 594 g/mol. The summed E-state index contributed by atoms with van der Waals surface area (Å²) in [6.07, 6.45) is 0.165. The smallest absolute Gasteiger partial charge is 0.253 e. The first-order valence-corrected chi connectivity index (χ1v) is 14.8. The molecule has 4 aromatic carbocycles. The lowest BCUT2D eigenvalue weighted by molar-refractivity contribution is -0.120. The van der Waals surface area contributed by atoms with Crippen LogP contribution in [0, 0.1) is 0 Å². The van der Waals surface area contributed by atoms with E-state index >= 15 is 0 Å². The molecule has 1 aliphatic heterocycles. The molecule has 1 N–H and O–H groups in total. The van der Waals surface area contributed by atoms with Crippen molar-refractivity contribution in [2.45, 2.75) is 19.5 Å². The van der Waals surface area contributed by atoms with Crippen LogP contribution in [-0.4, -0.2) is 69.1 Å². The number of benzene rings is 4. The number of rotatable bonds is 11. The van der Waals surface area contributed by atoms with E-state index in [1.54, 1.807) is 33.5 Å². The molecular formula is C36H39N3O5. The Morgan fingerprint density at radius 3 is 1.86 bits per heavy atom. The van der Waals surface area contributed by atoms with Crippen LogP contribution < -0.4 is 19.5 Å². The Bertz CT molecular complexity index is 1520. The summed E-state index contributed by atoms with van der Waals surface area (Å²) in [5.41, 5.74) is 6.03. The summed E-state index contributed by atoms with van der Waals surface area (Å²) in [6.45, 7) is 4.30. The van der Waals surface area contributed by atoms with Gasteiger partial charge >= 0.3 is 0 Å². The van der Waals surface area contributed by atoms with Crippen molar-refractivity contribution in [1.82, 2.24) is 15.1 Å². The highest BCUT2D eigenvalue weighted by atomic mass is 16.5. The lowest BCUT2D eigenvalue weighted by Crippen LogP contribution is -2.48. The van der Waals surface area contributed by atoms with E-state index in [1.165, 1.54) is 16.7 Å². The third-order valence-corrected chi connectivity index (χ3v) is 7.91. The number of ether oxygens (including phenoxy) is 3. The second kappa shape index (κ2) is 14.6. The van der Waals surface area contributed by atoms with E-state index in [1.807, 2.05) is 35.2 Å². The predicted molar refractivity (Wildman–Crippen MR) is 171 cm³/mol. The van der Waals surface area contributed by atoms with Gasteiger partial charge in [0.05, 0.1) is 27.8 Å². The second-order valence-corrected chi connectivity index (χ2v) is 10.8. The van der Waals surface area contributed by atoms with E-state index in [0.717, 1.165) is 30.8 Å². The highest BCUT2D eigenvalue weighted by Gasteiger charge is 2.22. The van der Waals surface area contributed by atoms with Crippen LogP contribution in [0.1, 0.15) is 27.0 Å². The number of nitrogens with zero attached hydrogens (tertiary/aromatic N) is 2. The monoisotopic (exact) mass is 593 g/mol. The van der Waals surface area contributed by atoms with Crippen LogP contribution in [0.15, 0.2) is 91.0 Å². The van der Waals surface area contributed by atoms with Crippen LogP contribution in [0.3, 0.4) is 0 Å². The fraction of sp³-hybridized carbons (Fsp3) is 0.278. The summed E-state index contributed by atoms with van der Waals surface area (Å²) in [6, 6.07) is 30.1. The van der Waals surface area contributed by atoms with Crippen LogP contribution in [-0.2, 0) is 24.3 Å². The maximum absolute atomic E-state index is 13.2. The van der Waals surface area contributed by atoms with Crippen molar-refractivity contribution in [2.75, 3.05) is 47.5 Å². The predicted octanol–water partition coefficient (Wildman–Crippen LogP) is 5.20. The molecule has 44 heavy (non-hydrogen) atoms. The van der Waals surface area contributed by atoms with E-state index in [-0.39, 0.29) is 18.2 Å². The summed E-state index contributed by atoms with van der Waals surface area (Å²) in [7, 11) is 4.63. The fourth-order valence-corrected chi connectivity index (χ4v) is 5.43. The highest BCUT2D eigenvalue weighted by Crippen LogP contribution is 2.38. The number of carbonyl (C=O) groups is 2. The summed E-state index contributed by atoms with van der Waals surface area (Å²) >= 11 is 0. The molecule has 0 radical (unpaired) electrons. The van der Waals surface area contributed by atoms with Crippen LogP contribution in [0.4, 0.5) is 0 Å². The number of amides is 2. The van der Waals surface area contributed by atoms with Gasteiger partial charge in [-0.2, -0.15) is 0 Å². The van der Waals surface area contributed by atoms with Gasteiger partial charge in [-0.1, -0.05) is 66.7 Å². The molecule has 1 aliphatic rings. The molecule has 0 atom stereocenters. The van der Waals surface area contributed by atoms with Gasteiger partial charge in [0, 0.05) is 44.8 Å². The summed E-state index contributed by atoms with van der Waals surface area (Å²) in [4.78, 5) is 30.1. The van der Waals surface area contributed by atoms with Crippen molar-refractivity contribution in [3.05, 3.63) is 113 Å². The van der Waals surface area contributed by atoms with Crippen molar-refractivity contribution in [2.24, 2.45) is 0 Å². The van der Waals surface area contributed by atoms with Gasteiger partial charge in [0.25, 0.3) is 5.91 Å². The van der Waals surface area contributed by atoms with E-state index in [4.69, 9.17) is 14.2 Å². The molecule has 0 aliphatic carbocycles. The number of hydrogen-bond donors (Lipinski definition) is 1. The van der Waals surface area contributed by atoms with Crippen LogP contribution in [0.2, 0.25) is 0 Å². The van der Waals surface area contributed by atoms with Crippen molar-refractivity contribution in [3.8, 4) is 28.4 Å². The van der Waals surface area contributed by atoms with Crippen LogP contribution in [0.25, 0.3) is 11.1 Å². The van der Waals surface area contributed by atoms with Gasteiger partial charge < -0.3 is 24.4 Å². The molecule has 228 valence electrons. The zero-order valence-corrected chi connectivity index (χ0v) is 25.5.